The molecule has 0 spiro atoms. The van der Waals surface area contributed by atoms with E-state index in [1.807, 2.05) is 6.92 Å². The van der Waals surface area contributed by atoms with Crippen LogP contribution in [0.25, 0.3) is 0 Å². The summed E-state index contributed by atoms with van der Waals surface area (Å²) >= 11 is 0. The molecule has 6 N–H and O–H groups in total. The first kappa shape index (κ1) is 51.2. The van der Waals surface area contributed by atoms with Gasteiger partial charge in [0.2, 0.25) is 5.91 Å². The SMILES string of the molecule is CCCCCCCCCCCCCCCC[C@@H](C)C(=O)N(C)[C@@H](CO[C@H]1O[C@H](CO)[C@H](O)[C@H](O)[C@H]1O)[C@H](O)[C@H](O)CCCCCCCCCCCCCC. The number of aliphatic hydroxyl groups excluding tert-OH is 6. The van der Waals surface area contributed by atoms with E-state index in [2.05, 4.69) is 13.8 Å². The van der Waals surface area contributed by atoms with Crippen LogP contribution in [0, 0.1) is 5.92 Å². The molecular weight excluding hydrogens is 686 g/mol. The Morgan fingerprint density at radius 1 is 0.611 bits per heavy atom. The van der Waals surface area contributed by atoms with Crippen LogP contribution >= 0.6 is 0 Å². The van der Waals surface area contributed by atoms with Gasteiger partial charge in [-0.25, -0.2) is 0 Å². The molecule has 10 nitrogen and oxygen atoms in total. The van der Waals surface area contributed by atoms with Crippen molar-refractivity contribution in [3.05, 3.63) is 0 Å². The van der Waals surface area contributed by atoms with Gasteiger partial charge in [0.25, 0.3) is 0 Å². The molecule has 0 bridgehead atoms. The van der Waals surface area contributed by atoms with Crippen molar-refractivity contribution in [3.63, 3.8) is 0 Å². The highest BCUT2D eigenvalue weighted by Gasteiger charge is 2.45. The fraction of sp³-hybridized carbons (Fsp3) is 0.977. The average Bonchev–Trinajstić information content (AvgIpc) is 3.17. The lowest BCUT2D eigenvalue weighted by molar-refractivity contribution is -0.304. The van der Waals surface area contributed by atoms with Crippen LogP contribution in [0.5, 0.6) is 0 Å². The highest BCUT2D eigenvalue weighted by molar-refractivity contribution is 5.78. The lowest BCUT2D eigenvalue weighted by Gasteiger charge is -2.41. The average molecular weight is 774 g/mol. The van der Waals surface area contributed by atoms with Crippen LogP contribution in [0.2, 0.25) is 0 Å². The predicted octanol–water partition coefficient (Wildman–Crippen LogP) is 7.95. The van der Waals surface area contributed by atoms with Crippen molar-refractivity contribution in [2.24, 2.45) is 5.92 Å². The van der Waals surface area contributed by atoms with E-state index in [0.29, 0.717) is 6.42 Å². The minimum absolute atomic E-state index is 0.163. The van der Waals surface area contributed by atoms with E-state index in [0.717, 1.165) is 51.4 Å². The number of amides is 1. The third-order valence-corrected chi connectivity index (χ3v) is 11.7. The Morgan fingerprint density at radius 2 is 1.00 bits per heavy atom. The summed E-state index contributed by atoms with van der Waals surface area (Å²) in [6.45, 7) is 5.51. The van der Waals surface area contributed by atoms with Gasteiger partial charge in [0.1, 0.15) is 30.5 Å². The highest BCUT2D eigenvalue weighted by Crippen LogP contribution is 2.25. The van der Waals surface area contributed by atoms with Crippen molar-refractivity contribution in [1.29, 1.82) is 0 Å². The Hall–Kier alpha value is -0.850. The fourth-order valence-electron chi connectivity index (χ4n) is 7.74. The summed E-state index contributed by atoms with van der Waals surface area (Å²) in [5, 5.41) is 63.0. The molecule has 0 aromatic carbocycles. The van der Waals surface area contributed by atoms with Gasteiger partial charge in [-0.3, -0.25) is 4.79 Å². The van der Waals surface area contributed by atoms with Crippen molar-refractivity contribution in [1.82, 2.24) is 4.90 Å². The van der Waals surface area contributed by atoms with Crippen molar-refractivity contribution in [3.8, 4) is 0 Å². The van der Waals surface area contributed by atoms with Gasteiger partial charge in [0.05, 0.1) is 25.4 Å². The molecule has 0 aliphatic carbocycles. The first-order valence-electron chi connectivity index (χ1n) is 22.6. The number of nitrogens with zero attached hydrogens (tertiary/aromatic N) is 1. The van der Waals surface area contributed by atoms with Gasteiger partial charge in [-0.1, -0.05) is 188 Å². The molecule has 0 aromatic rings. The number of hydrogen-bond acceptors (Lipinski definition) is 9. The number of ether oxygens (including phenoxy) is 2. The number of aliphatic hydroxyl groups is 6. The van der Waals surface area contributed by atoms with Crippen LogP contribution < -0.4 is 0 Å². The van der Waals surface area contributed by atoms with Crippen LogP contribution in [-0.2, 0) is 14.3 Å². The van der Waals surface area contributed by atoms with E-state index in [9.17, 15) is 35.4 Å². The lowest BCUT2D eigenvalue weighted by atomic mass is 9.96. The normalized spacial score (nSPS) is 22.6. The van der Waals surface area contributed by atoms with E-state index in [1.165, 1.54) is 127 Å². The number of carbonyl (C=O) groups is 1. The maximum Gasteiger partial charge on any atom is 0.225 e. The molecule has 1 rings (SSSR count). The largest absolute Gasteiger partial charge is 0.394 e. The molecule has 0 saturated carbocycles. The molecule has 1 aliphatic heterocycles. The first-order valence-corrected chi connectivity index (χ1v) is 22.6. The zero-order chi connectivity index (χ0) is 40.0. The second kappa shape index (κ2) is 33.2. The second-order valence-electron chi connectivity index (χ2n) is 16.6. The van der Waals surface area contributed by atoms with Crippen LogP contribution in [0.3, 0.4) is 0 Å². The van der Waals surface area contributed by atoms with E-state index < -0.39 is 55.6 Å². The Balaban J connectivity index is 2.57. The number of carbonyl (C=O) groups excluding carboxylic acids is 1. The van der Waals surface area contributed by atoms with Crippen LogP contribution in [0.15, 0.2) is 0 Å². The van der Waals surface area contributed by atoms with Gasteiger partial charge in [-0.2, -0.15) is 0 Å². The topological polar surface area (TPSA) is 160 Å². The molecular formula is C44H87NO9. The Labute approximate surface area is 330 Å². The van der Waals surface area contributed by atoms with Gasteiger partial charge in [0.15, 0.2) is 6.29 Å². The minimum Gasteiger partial charge on any atom is -0.394 e. The van der Waals surface area contributed by atoms with Crippen LogP contribution in [0.1, 0.15) is 201 Å². The van der Waals surface area contributed by atoms with E-state index >= 15 is 0 Å². The van der Waals surface area contributed by atoms with E-state index in [1.54, 1.807) is 7.05 Å². The highest BCUT2D eigenvalue weighted by atomic mass is 16.7. The third kappa shape index (κ3) is 22.2. The molecule has 1 saturated heterocycles. The Morgan fingerprint density at radius 3 is 1.41 bits per heavy atom. The summed E-state index contributed by atoms with van der Waals surface area (Å²) in [7, 11) is 1.60. The molecule has 0 unspecified atom stereocenters. The molecule has 54 heavy (non-hydrogen) atoms. The monoisotopic (exact) mass is 774 g/mol. The van der Waals surface area contributed by atoms with E-state index in [4.69, 9.17) is 9.47 Å². The zero-order valence-electron chi connectivity index (χ0n) is 35.3. The van der Waals surface area contributed by atoms with Crippen LogP contribution in [0.4, 0.5) is 0 Å². The van der Waals surface area contributed by atoms with Gasteiger partial charge in [-0.15, -0.1) is 0 Å². The van der Waals surface area contributed by atoms with Crippen molar-refractivity contribution < 1.29 is 44.9 Å². The lowest BCUT2D eigenvalue weighted by Crippen LogP contribution is -2.60. The molecule has 9 atom stereocenters. The van der Waals surface area contributed by atoms with Gasteiger partial charge < -0.3 is 45.0 Å². The quantitative estimate of drug-likeness (QED) is 0.0348. The molecule has 322 valence electrons. The summed E-state index contributed by atoms with van der Waals surface area (Å²) < 4.78 is 11.3. The summed E-state index contributed by atoms with van der Waals surface area (Å²) in [4.78, 5) is 15.1. The summed E-state index contributed by atoms with van der Waals surface area (Å²) in [6, 6.07) is -0.948. The molecule has 0 aromatic heterocycles. The Kier molecular flexibility index (Phi) is 31.4. The second-order valence-corrected chi connectivity index (χ2v) is 16.6. The number of unbranched alkanes of at least 4 members (excludes halogenated alkanes) is 24. The number of likely N-dealkylation sites (N-methyl/N-ethyl adjacent to an activating group) is 1. The molecule has 10 heteroatoms. The molecule has 1 aliphatic rings. The van der Waals surface area contributed by atoms with Gasteiger partial charge in [-0.05, 0) is 12.8 Å². The van der Waals surface area contributed by atoms with Crippen molar-refractivity contribution in [2.75, 3.05) is 20.3 Å². The summed E-state index contributed by atoms with van der Waals surface area (Å²) in [6.07, 6.45) is 23.5. The van der Waals surface area contributed by atoms with Crippen LogP contribution in [-0.4, -0.2) is 111 Å². The zero-order valence-corrected chi connectivity index (χ0v) is 35.3. The maximum absolute atomic E-state index is 13.6. The number of hydrogen-bond donors (Lipinski definition) is 6. The fourth-order valence-corrected chi connectivity index (χ4v) is 7.74. The van der Waals surface area contributed by atoms with Gasteiger partial charge >= 0.3 is 0 Å². The summed E-state index contributed by atoms with van der Waals surface area (Å²) in [5.74, 6) is -0.452. The summed E-state index contributed by atoms with van der Waals surface area (Å²) in [5.41, 5.74) is 0. The van der Waals surface area contributed by atoms with Gasteiger partial charge in [0, 0.05) is 13.0 Å². The van der Waals surface area contributed by atoms with E-state index in [-0.39, 0.29) is 18.4 Å². The maximum atomic E-state index is 13.6. The third-order valence-electron chi connectivity index (χ3n) is 11.7. The smallest absolute Gasteiger partial charge is 0.225 e. The molecule has 1 fully saturated rings. The molecule has 0 radical (unpaired) electrons. The first-order chi connectivity index (χ1) is 26.1. The molecule has 1 amide bonds. The minimum atomic E-state index is -1.61. The predicted molar refractivity (Wildman–Crippen MR) is 218 cm³/mol. The standard InChI is InChI=1S/C44H87NO9/c1-5-7-9-11-13-15-17-19-20-21-23-25-27-29-31-35(3)43(52)45(4)36(34-53-44-42(51)41(50)40(49)38(33-46)54-44)39(48)37(47)32-30-28-26-24-22-18-16-14-12-10-8-6-2/h35-42,44,46-51H,5-34H2,1-4H3/t35-,36+,37-,38-,39+,40+,41+,42-,44+/m1/s1. The Bertz CT molecular complexity index is 864. The number of rotatable bonds is 36. The van der Waals surface area contributed by atoms with Crippen molar-refractivity contribution in [2.45, 2.75) is 250 Å². The molecule has 1 heterocycles. The van der Waals surface area contributed by atoms with Crippen molar-refractivity contribution >= 4 is 5.91 Å².